The minimum Gasteiger partial charge on any atom is -0.497 e. The Morgan fingerprint density at radius 3 is 2.62 bits per heavy atom. The van der Waals surface area contributed by atoms with E-state index in [2.05, 4.69) is 20.4 Å². The summed E-state index contributed by atoms with van der Waals surface area (Å²) < 4.78 is 16.2. The van der Waals surface area contributed by atoms with E-state index in [0.717, 1.165) is 42.0 Å². The van der Waals surface area contributed by atoms with Crippen LogP contribution in [-0.2, 0) is 11.3 Å². The number of carbonyl (C=O) groups is 1. The molecule has 1 aliphatic rings. The summed E-state index contributed by atoms with van der Waals surface area (Å²) in [6.07, 6.45) is 1.83. The zero-order valence-electron chi connectivity index (χ0n) is 20.0. The zero-order valence-corrected chi connectivity index (χ0v) is 20.0. The molecule has 3 aromatic rings. The molecule has 2 atom stereocenters. The van der Waals surface area contributed by atoms with E-state index < -0.39 is 0 Å². The summed E-state index contributed by atoms with van der Waals surface area (Å²) >= 11 is 0. The first-order valence-electron chi connectivity index (χ1n) is 11.8. The number of ether oxygens (including phenoxy) is 2. The van der Waals surface area contributed by atoms with Gasteiger partial charge in [-0.2, -0.15) is 4.98 Å². The minimum atomic E-state index is -0.0680. The number of rotatable bonds is 9. The predicted octanol–water partition coefficient (Wildman–Crippen LogP) is 4.23. The highest BCUT2D eigenvalue weighted by molar-refractivity contribution is 5.79. The van der Waals surface area contributed by atoms with E-state index in [1.165, 1.54) is 0 Å². The molecule has 0 radical (unpaired) electrons. The molecule has 8 heteroatoms. The fourth-order valence-electron chi connectivity index (χ4n) is 4.21. The molecule has 34 heavy (non-hydrogen) atoms. The highest BCUT2D eigenvalue weighted by Crippen LogP contribution is 2.23. The van der Waals surface area contributed by atoms with Crippen molar-refractivity contribution in [3.8, 4) is 22.9 Å². The van der Waals surface area contributed by atoms with E-state index in [9.17, 15) is 4.79 Å². The molecule has 1 fully saturated rings. The van der Waals surface area contributed by atoms with E-state index in [-0.39, 0.29) is 17.9 Å². The second-order valence-corrected chi connectivity index (χ2v) is 8.55. The Labute approximate surface area is 200 Å². The lowest BCUT2D eigenvalue weighted by atomic mass is 9.96. The van der Waals surface area contributed by atoms with Gasteiger partial charge >= 0.3 is 0 Å². The van der Waals surface area contributed by atoms with Gasteiger partial charge in [0.15, 0.2) is 0 Å². The lowest BCUT2D eigenvalue weighted by molar-refractivity contribution is -0.127. The minimum absolute atomic E-state index is 0.0668. The topological polar surface area (TPSA) is 89.7 Å². The van der Waals surface area contributed by atoms with Gasteiger partial charge in [0.25, 0.3) is 0 Å². The molecular weight excluding hydrogens is 432 g/mol. The molecule has 1 saturated heterocycles. The number of benzene rings is 2. The number of carbonyl (C=O) groups excluding carboxylic acids is 1. The quantitative estimate of drug-likeness (QED) is 0.507. The largest absolute Gasteiger partial charge is 0.497 e. The molecule has 8 nitrogen and oxygen atoms in total. The van der Waals surface area contributed by atoms with Gasteiger partial charge in [-0.05, 0) is 75.2 Å². The molecule has 2 aromatic carbocycles. The van der Waals surface area contributed by atoms with E-state index in [0.29, 0.717) is 31.4 Å². The van der Waals surface area contributed by atoms with Crippen molar-refractivity contribution in [2.75, 3.05) is 26.8 Å². The fraction of sp³-hybridized carbons (Fsp3) is 0.423. The molecule has 0 aliphatic carbocycles. The SMILES string of the molecule is CCOc1ccc(C(C)NC(=O)C2CCCN(Cc3nc(-c4ccc(OC)cc4)no3)C2)cc1. The van der Waals surface area contributed by atoms with Crippen LogP contribution in [0, 0.1) is 5.92 Å². The summed E-state index contributed by atoms with van der Waals surface area (Å²) in [4.78, 5) is 19.7. The number of amides is 1. The number of nitrogens with zero attached hydrogens (tertiary/aromatic N) is 3. The fourth-order valence-corrected chi connectivity index (χ4v) is 4.21. The molecule has 0 saturated carbocycles. The first-order valence-corrected chi connectivity index (χ1v) is 11.8. The summed E-state index contributed by atoms with van der Waals surface area (Å²) in [6.45, 7) is 6.70. The Morgan fingerprint density at radius 1 is 1.18 bits per heavy atom. The smallest absolute Gasteiger partial charge is 0.241 e. The van der Waals surface area contributed by atoms with Crippen LogP contribution >= 0.6 is 0 Å². The van der Waals surface area contributed by atoms with E-state index >= 15 is 0 Å². The average molecular weight is 465 g/mol. The van der Waals surface area contributed by atoms with Gasteiger partial charge in [0.05, 0.1) is 32.2 Å². The Bertz CT molecular complexity index is 1070. The second-order valence-electron chi connectivity index (χ2n) is 8.55. The van der Waals surface area contributed by atoms with Crippen molar-refractivity contribution >= 4 is 5.91 Å². The van der Waals surface area contributed by atoms with Gasteiger partial charge in [0, 0.05) is 12.1 Å². The van der Waals surface area contributed by atoms with Crippen LogP contribution in [0.5, 0.6) is 11.5 Å². The van der Waals surface area contributed by atoms with Gasteiger partial charge < -0.3 is 19.3 Å². The van der Waals surface area contributed by atoms with E-state index in [4.69, 9.17) is 14.0 Å². The van der Waals surface area contributed by atoms with Gasteiger partial charge in [-0.15, -0.1) is 0 Å². The maximum absolute atomic E-state index is 13.0. The van der Waals surface area contributed by atoms with Crippen LogP contribution < -0.4 is 14.8 Å². The lowest BCUT2D eigenvalue weighted by Gasteiger charge is -2.31. The first kappa shape index (κ1) is 23.8. The van der Waals surface area contributed by atoms with Gasteiger partial charge in [-0.3, -0.25) is 9.69 Å². The monoisotopic (exact) mass is 464 g/mol. The van der Waals surface area contributed by atoms with Gasteiger partial charge in [0.2, 0.25) is 17.6 Å². The molecule has 180 valence electrons. The Balaban J connectivity index is 1.31. The van der Waals surface area contributed by atoms with Crippen molar-refractivity contribution < 1.29 is 18.8 Å². The third-order valence-corrected chi connectivity index (χ3v) is 6.10. The molecule has 1 aliphatic heterocycles. The maximum Gasteiger partial charge on any atom is 0.241 e. The van der Waals surface area contributed by atoms with Crippen molar-refractivity contribution in [1.29, 1.82) is 0 Å². The lowest BCUT2D eigenvalue weighted by Crippen LogP contribution is -2.43. The molecular formula is C26H32N4O4. The molecule has 1 aromatic heterocycles. The number of piperidine rings is 1. The number of hydrogen-bond acceptors (Lipinski definition) is 7. The number of nitrogens with one attached hydrogen (secondary N) is 1. The number of likely N-dealkylation sites (tertiary alicyclic amines) is 1. The number of hydrogen-bond donors (Lipinski definition) is 1. The molecule has 2 heterocycles. The van der Waals surface area contributed by atoms with Crippen LogP contribution in [-0.4, -0.2) is 47.8 Å². The normalized spacial score (nSPS) is 17.2. The highest BCUT2D eigenvalue weighted by Gasteiger charge is 2.28. The third kappa shape index (κ3) is 5.94. The van der Waals surface area contributed by atoms with Crippen LogP contribution in [0.4, 0.5) is 0 Å². The summed E-state index contributed by atoms with van der Waals surface area (Å²) in [5.41, 5.74) is 1.93. The zero-order chi connectivity index (χ0) is 23.9. The molecule has 0 bridgehead atoms. The molecule has 0 spiro atoms. The second kappa shape index (κ2) is 11.2. The summed E-state index contributed by atoms with van der Waals surface area (Å²) in [5, 5.41) is 7.28. The van der Waals surface area contributed by atoms with Crippen molar-refractivity contribution in [2.45, 2.75) is 39.3 Å². The van der Waals surface area contributed by atoms with E-state index in [1.54, 1.807) is 7.11 Å². The summed E-state index contributed by atoms with van der Waals surface area (Å²) in [7, 11) is 1.63. The van der Waals surface area contributed by atoms with Crippen LogP contribution in [0.25, 0.3) is 11.4 Å². The number of methoxy groups -OCH3 is 1. The third-order valence-electron chi connectivity index (χ3n) is 6.10. The van der Waals surface area contributed by atoms with Crippen LogP contribution in [0.2, 0.25) is 0 Å². The van der Waals surface area contributed by atoms with Crippen molar-refractivity contribution in [2.24, 2.45) is 5.92 Å². The molecule has 4 rings (SSSR count). The van der Waals surface area contributed by atoms with Gasteiger partial charge in [-0.25, -0.2) is 0 Å². The van der Waals surface area contributed by atoms with Crippen molar-refractivity contribution in [3.05, 3.63) is 60.0 Å². The standard InChI is InChI=1S/C26H32N4O4/c1-4-33-23-13-7-19(8-14-23)18(2)27-26(31)21-6-5-15-30(16-21)17-24-28-25(29-34-24)20-9-11-22(32-3)12-10-20/h7-14,18,21H,4-6,15-17H2,1-3H3,(H,27,31). The maximum atomic E-state index is 13.0. The predicted molar refractivity (Wildman–Crippen MR) is 128 cm³/mol. The van der Waals surface area contributed by atoms with Crippen LogP contribution in [0.3, 0.4) is 0 Å². The Hall–Kier alpha value is -3.39. The average Bonchev–Trinajstić information content (AvgIpc) is 3.33. The van der Waals surface area contributed by atoms with Gasteiger partial charge in [-0.1, -0.05) is 17.3 Å². The highest BCUT2D eigenvalue weighted by atomic mass is 16.5. The Morgan fingerprint density at radius 2 is 1.91 bits per heavy atom. The molecule has 1 N–H and O–H groups in total. The van der Waals surface area contributed by atoms with Crippen molar-refractivity contribution in [1.82, 2.24) is 20.4 Å². The molecule has 2 unspecified atom stereocenters. The Kier molecular flexibility index (Phi) is 7.80. The van der Waals surface area contributed by atoms with Crippen LogP contribution in [0.15, 0.2) is 53.1 Å². The van der Waals surface area contributed by atoms with Crippen LogP contribution in [0.1, 0.15) is 44.2 Å². The van der Waals surface area contributed by atoms with Crippen molar-refractivity contribution in [3.63, 3.8) is 0 Å². The first-order chi connectivity index (χ1) is 16.6. The summed E-state index contributed by atoms with van der Waals surface area (Å²) in [5.74, 6) is 2.73. The van der Waals surface area contributed by atoms with Gasteiger partial charge in [0.1, 0.15) is 11.5 Å². The number of aromatic nitrogens is 2. The summed E-state index contributed by atoms with van der Waals surface area (Å²) in [6, 6.07) is 15.4. The molecule has 1 amide bonds. The van der Waals surface area contributed by atoms with E-state index in [1.807, 2.05) is 62.4 Å².